The van der Waals surface area contributed by atoms with Crippen molar-refractivity contribution in [3.8, 4) is 11.8 Å². The molecule has 0 aliphatic heterocycles. The number of rotatable bonds is 5. The highest BCUT2D eigenvalue weighted by atomic mass is 32.2. The highest BCUT2D eigenvalue weighted by molar-refractivity contribution is 8.00. The molecular formula is C26H28N4O2S. The van der Waals surface area contributed by atoms with Gasteiger partial charge in [0, 0.05) is 0 Å². The maximum absolute atomic E-state index is 13.5. The number of hydrogen-bond acceptors (Lipinski definition) is 5. The monoisotopic (exact) mass is 460 g/mol. The number of amides is 1. The summed E-state index contributed by atoms with van der Waals surface area (Å²) in [4.78, 5) is 31.3. The third kappa shape index (κ3) is 4.67. The number of fused-ring (bicyclic) bond motifs is 1. The molecule has 3 aromatic rings. The zero-order chi connectivity index (χ0) is 23.6. The minimum absolute atomic E-state index is 0.167. The van der Waals surface area contributed by atoms with Gasteiger partial charge in [-0.05, 0) is 69.0 Å². The Labute approximate surface area is 198 Å². The molecular weight excluding hydrogens is 432 g/mol. The van der Waals surface area contributed by atoms with Gasteiger partial charge >= 0.3 is 0 Å². The van der Waals surface area contributed by atoms with Gasteiger partial charge in [0.25, 0.3) is 5.56 Å². The summed E-state index contributed by atoms with van der Waals surface area (Å²) in [7, 11) is 0. The van der Waals surface area contributed by atoms with Crippen molar-refractivity contribution in [2.45, 2.75) is 68.8 Å². The summed E-state index contributed by atoms with van der Waals surface area (Å²) in [5, 5.41) is 13.2. The summed E-state index contributed by atoms with van der Waals surface area (Å²) in [5.74, 6) is -0.211. The van der Waals surface area contributed by atoms with Crippen LogP contribution in [0.1, 0.15) is 50.2 Å². The molecule has 33 heavy (non-hydrogen) atoms. The molecule has 1 aliphatic carbocycles. The molecule has 0 bridgehead atoms. The van der Waals surface area contributed by atoms with Gasteiger partial charge in [0.1, 0.15) is 5.54 Å². The van der Waals surface area contributed by atoms with Gasteiger partial charge in [-0.25, -0.2) is 4.98 Å². The smallest absolute Gasteiger partial charge is 0.266 e. The lowest BCUT2D eigenvalue weighted by Gasteiger charge is -2.32. The van der Waals surface area contributed by atoms with Gasteiger partial charge in [-0.15, -0.1) is 0 Å². The van der Waals surface area contributed by atoms with Crippen LogP contribution in [0, 0.1) is 25.2 Å². The second-order valence-electron chi connectivity index (χ2n) is 8.82. The summed E-state index contributed by atoms with van der Waals surface area (Å²) >= 11 is 1.24. The van der Waals surface area contributed by atoms with E-state index in [-0.39, 0.29) is 11.5 Å². The van der Waals surface area contributed by atoms with Crippen molar-refractivity contribution in [3.05, 3.63) is 63.9 Å². The highest BCUT2D eigenvalue weighted by Gasteiger charge is 2.35. The number of carbonyl (C=O) groups excluding carboxylic acids is 1. The molecule has 0 saturated heterocycles. The van der Waals surface area contributed by atoms with Crippen LogP contribution in [0.25, 0.3) is 16.6 Å². The van der Waals surface area contributed by atoms with E-state index < -0.39 is 10.8 Å². The second-order valence-corrected chi connectivity index (χ2v) is 10.1. The van der Waals surface area contributed by atoms with Gasteiger partial charge in [0.15, 0.2) is 5.16 Å². The lowest BCUT2D eigenvalue weighted by Crippen LogP contribution is -2.51. The van der Waals surface area contributed by atoms with Crippen LogP contribution in [0.3, 0.4) is 0 Å². The van der Waals surface area contributed by atoms with Crippen molar-refractivity contribution in [2.24, 2.45) is 0 Å². The van der Waals surface area contributed by atoms with E-state index in [4.69, 9.17) is 4.98 Å². The summed E-state index contributed by atoms with van der Waals surface area (Å²) in [6, 6.07) is 15.4. The van der Waals surface area contributed by atoms with Crippen LogP contribution in [0.15, 0.2) is 52.4 Å². The predicted octanol–water partition coefficient (Wildman–Crippen LogP) is 4.83. The molecule has 0 spiro atoms. The predicted molar refractivity (Wildman–Crippen MR) is 132 cm³/mol. The Bertz CT molecular complexity index is 1300. The summed E-state index contributed by atoms with van der Waals surface area (Å²) in [6.07, 6.45) is 4.32. The third-order valence-electron chi connectivity index (χ3n) is 6.43. The van der Waals surface area contributed by atoms with Gasteiger partial charge in [-0.2, -0.15) is 5.26 Å². The number of nitrogens with zero attached hydrogens (tertiary/aromatic N) is 3. The summed E-state index contributed by atoms with van der Waals surface area (Å²) in [5.41, 5.74) is 2.56. The van der Waals surface area contributed by atoms with Crippen LogP contribution in [-0.4, -0.2) is 26.2 Å². The summed E-state index contributed by atoms with van der Waals surface area (Å²) < 4.78 is 1.59. The van der Waals surface area contributed by atoms with Gasteiger partial charge in [-0.3, -0.25) is 14.2 Å². The Morgan fingerprint density at radius 3 is 2.58 bits per heavy atom. The molecule has 1 amide bonds. The van der Waals surface area contributed by atoms with Crippen molar-refractivity contribution in [1.82, 2.24) is 14.9 Å². The molecule has 170 valence electrons. The molecule has 0 unspecified atom stereocenters. The number of aryl methyl sites for hydroxylation is 2. The van der Waals surface area contributed by atoms with Crippen LogP contribution < -0.4 is 10.9 Å². The molecule has 2 aromatic carbocycles. The molecule has 1 heterocycles. The summed E-state index contributed by atoms with van der Waals surface area (Å²) in [6.45, 7) is 5.83. The topological polar surface area (TPSA) is 87.8 Å². The van der Waals surface area contributed by atoms with E-state index in [1.807, 2.05) is 50.2 Å². The first-order valence-electron chi connectivity index (χ1n) is 11.3. The van der Waals surface area contributed by atoms with E-state index in [0.717, 1.165) is 36.1 Å². The molecule has 4 rings (SSSR count). The van der Waals surface area contributed by atoms with E-state index in [1.165, 1.54) is 11.8 Å². The van der Waals surface area contributed by atoms with Crippen LogP contribution in [-0.2, 0) is 4.79 Å². The molecule has 7 heteroatoms. The second kappa shape index (κ2) is 9.40. The Morgan fingerprint density at radius 1 is 1.15 bits per heavy atom. The number of benzene rings is 2. The highest BCUT2D eigenvalue weighted by Crippen LogP contribution is 2.30. The first kappa shape index (κ1) is 23.1. The molecule has 6 nitrogen and oxygen atoms in total. The average Bonchev–Trinajstić information content (AvgIpc) is 2.82. The fourth-order valence-corrected chi connectivity index (χ4v) is 5.18. The number of thioether (sulfide) groups is 1. The van der Waals surface area contributed by atoms with Crippen molar-refractivity contribution in [1.29, 1.82) is 5.26 Å². The number of hydrogen-bond donors (Lipinski definition) is 1. The van der Waals surface area contributed by atoms with Gasteiger partial charge in [0.05, 0.1) is 27.9 Å². The van der Waals surface area contributed by atoms with Gasteiger partial charge < -0.3 is 5.32 Å². The van der Waals surface area contributed by atoms with E-state index in [0.29, 0.717) is 28.9 Å². The van der Waals surface area contributed by atoms with E-state index >= 15 is 0 Å². The molecule has 1 aromatic heterocycles. The maximum Gasteiger partial charge on any atom is 0.266 e. The zero-order valence-corrected chi connectivity index (χ0v) is 20.0. The Balaban J connectivity index is 1.72. The first-order chi connectivity index (χ1) is 15.8. The number of para-hydroxylation sites is 1. The standard InChI is InChI=1S/C26H28N4O2S/c1-17-11-12-20(15-18(17)2)30-24(32)21-9-5-6-10-22(21)28-25(30)33-19(3)23(31)29-26(16-27)13-7-4-8-14-26/h5-6,9-12,15,19H,4,7-8,13-14H2,1-3H3,(H,29,31)/t19-/m1/s1. The molecule has 1 fully saturated rings. The quantitative estimate of drug-likeness (QED) is 0.435. The van der Waals surface area contributed by atoms with E-state index in [9.17, 15) is 14.9 Å². The molecule has 1 aliphatic rings. The average molecular weight is 461 g/mol. The van der Waals surface area contributed by atoms with Gasteiger partial charge in [-0.1, -0.05) is 49.2 Å². The number of nitrogens with one attached hydrogen (secondary N) is 1. The van der Waals surface area contributed by atoms with Crippen molar-refractivity contribution >= 4 is 28.6 Å². The fraction of sp³-hybridized carbons (Fsp3) is 0.385. The van der Waals surface area contributed by atoms with Crippen molar-refractivity contribution in [3.63, 3.8) is 0 Å². The Morgan fingerprint density at radius 2 is 1.88 bits per heavy atom. The first-order valence-corrected chi connectivity index (χ1v) is 12.2. The number of carbonyl (C=O) groups is 1. The maximum atomic E-state index is 13.5. The Hall–Kier alpha value is -3.11. The minimum Gasteiger partial charge on any atom is -0.337 e. The van der Waals surface area contributed by atoms with Crippen molar-refractivity contribution in [2.75, 3.05) is 0 Å². The normalized spacial score (nSPS) is 16.2. The van der Waals surface area contributed by atoms with Crippen LogP contribution >= 0.6 is 11.8 Å². The molecule has 1 atom stereocenters. The number of nitriles is 1. The molecule has 1 N–H and O–H groups in total. The molecule has 1 saturated carbocycles. The largest absolute Gasteiger partial charge is 0.337 e. The van der Waals surface area contributed by atoms with E-state index in [1.54, 1.807) is 17.6 Å². The lowest BCUT2D eigenvalue weighted by molar-refractivity contribution is -0.121. The molecule has 0 radical (unpaired) electrons. The van der Waals surface area contributed by atoms with Crippen molar-refractivity contribution < 1.29 is 4.79 Å². The third-order valence-corrected chi connectivity index (χ3v) is 7.48. The lowest BCUT2D eigenvalue weighted by atomic mass is 9.83. The van der Waals surface area contributed by atoms with Crippen LogP contribution in [0.4, 0.5) is 0 Å². The van der Waals surface area contributed by atoms with Gasteiger partial charge in [0.2, 0.25) is 5.91 Å². The Kier molecular flexibility index (Phi) is 6.57. The SMILES string of the molecule is Cc1ccc(-n2c(S[C@H](C)C(=O)NC3(C#N)CCCCC3)nc3ccccc3c2=O)cc1C. The minimum atomic E-state index is -0.797. The van der Waals surface area contributed by atoms with E-state index in [2.05, 4.69) is 11.4 Å². The fourth-order valence-electron chi connectivity index (χ4n) is 4.25. The van der Waals surface area contributed by atoms with Crippen LogP contribution in [0.5, 0.6) is 0 Å². The zero-order valence-electron chi connectivity index (χ0n) is 19.2. The number of aromatic nitrogens is 2. The van der Waals surface area contributed by atoms with Crippen LogP contribution in [0.2, 0.25) is 0 Å².